The van der Waals surface area contributed by atoms with Gasteiger partial charge in [0.1, 0.15) is 0 Å². The van der Waals surface area contributed by atoms with E-state index in [9.17, 15) is 13.2 Å². The van der Waals surface area contributed by atoms with Crippen LogP contribution in [-0.2, 0) is 16.4 Å². The highest BCUT2D eigenvalue weighted by Crippen LogP contribution is 2.36. The molecule has 32 heavy (non-hydrogen) atoms. The molecule has 0 amide bonds. The predicted molar refractivity (Wildman–Crippen MR) is 127 cm³/mol. The highest BCUT2D eigenvalue weighted by Gasteiger charge is 2.33. The molecule has 0 radical (unpaired) electrons. The molecule has 162 valence electrons. The Hall–Kier alpha value is -3.17. The second-order valence-corrected chi connectivity index (χ2v) is 10.3. The highest BCUT2D eigenvalue weighted by atomic mass is 79.9. The molecule has 0 spiro atoms. The quantitative estimate of drug-likeness (QED) is 0.450. The number of aromatic amines is 1. The van der Waals surface area contributed by atoms with Crippen molar-refractivity contribution in [3.63, 3.8) is 0 Å². The van der Waals surface area contributed by atoms with Crippen molar-refractivity contribution in [1.82, 2.24) is 14.8 Å². The van der Waals surface area contributed by atoms with Crippen molar-refractivity contribution >= 4 is 31.8 Å². The van der Waals surface area contributed by atoms with Crippen molar-refractivity contribution in [2.45, 2.75) is 18.2 Å². The maximum atomic E-state index is 13.5. The molecule has 3 heterocycles. The molecule has 7 nitrogen and oxygen atoms in total. The maximum Gasteiger partial charge on any atom is 0.275 e. The summed E-state index contributed by atoms with van der Waals surface area (Å²) in [6.45, 7) is 2.01. The summed E-state index contributed by atoms with van der Waals surface area (Å²) in [4.78, 5) is 17.9. The van der Waals surface area contributed by atoms with Gasteiger partial charge in [-0.2, -0.15) is 0 Å². The van der Waals surface area contributed by atoms with Crippen LogP contribution in [0.15, 0.2) is 81.0 Å². The van der Waals surface area contributed by atoms with E-state index in [2.05, 4.69) is 26.0 Å². The van der Waals surface area contributed by atoms with Gasteiger partial charge in [0, 0.05) is 28.3 Å². The summed E-state index contributed by atoms with van der Waals surface area (Å²) >= 11 is 3.49. The number of anilines is 1. The second-order valence-electron chi connectivity index (χ2n) is 7.57. The Bertz CT molecular complexity index is 1490. The van der Waals surface area contributed by atoms with Crippen molar-refractivity contribution in [2.75, 3.05) is 10.8 Å². The Morgan fingerprint density at radius 2 is 1.78 bits per heavy atom. The van der Waals surface area contributed by atoms with Gasteiger partial charge in [-0.05, 0) is 65.7 Å². The Labute approximate surface area is 193 Å². The third-order valence-corrected chi connectivity index (χ3v) is 8.02. The lowest BCUT2D eigenvalue weighted by Gasteiger charge is -2.23. The minimum atomic E-state index is -3.85. The third-order valence-electron chi connectivity index (χ3n) is 5.55. The predicted octanol–water partition coefficient (Wildman–Crippen LogP) is 4.05. The number of rotatable bonds is 3. The first-order chi connectivity index (χ1) is 15.4. The SMILES string of the molecule is Cc1ccc(S(=O)(=O)N2CCc3c([nH]n(-c4ccccc4Br)c3=O)-c3cccnc32)cc1. The van der Waals surface area contributed by atoms with E-state index in [1.807, 2.05) is 31.2 Å². The second kappa shape index (κ2) is 7.75. The number of para-hydroxylation sites is 1. The average Bonchev–Trinajstić information content (AvgIpc) is 3.00. The van der Waals surface area contributed by atoms with E-state index in [0.717, 1.165) is 10.0 Å². The fraction of sp³-hybridized carbons (Fsp3) is 0.130. The highest BCUT2D eigenvalue weighted by molar-refractivity contribution is 9.10. The lowest BCUT2D eigenvalue weighted by molar-refractivity contribution is 0.590. The fourth-order valence-electron chi connectivity index (χ4n) is 3.91. The summed E-state index contributed by atoms with van der Waals surface area (Å²) in [5, 5.41) is 3.19. The van der Waals surface area contributed by atoms with Gasteiger partial charge in [0.05, 0.1) is 16.3 Å². The van der Waals surface area contributed by atoms with Gasteiger partial charge in [0.2, 0.25) is 0 Å². The molecule has 0 atom stereocenters. The van der Waals surface area contributed by atoms with E-state index in [1.165, 1.54) is 8.99 Å². The van der Waals surface area contributed by atoms with Crippen LogP contribution in [0.3, 0.4) is 0 Å². The number of sulfonamides is 1. The summed E-state index contributed by atoms with van der Waals surface area (Å²) in [6.07, 6.45) is 1.81. The van der Waals surface area contributed by atoms with Crippen LogP contribution in [0.4, 0.5) is 5.82 Å². The van der Waals surface area contributed by atoms with Crippen molar-refractivity contribution in [3.8, 4) is 16.9 Å². The van der Waals surface area contributed by atoms with Gasteiger partial charge in [-0.3, -0.25) is 9.89 Å². The number of nitrogens with one attached hydrogen (secondary N) is 1. The van der Waals surface area contributed by atoms with Gasteiger partial charge in [0.15, 0.2) is 5.82 Å². The molecule has 0 saturated heterocycles. The van der Waals surface area contributed by atoms with Crippen LogP contribution in [0.25, 0.3) is 16.9 Å². The molecule has 9 heteroatoms. The number of hydrogen-bond acceptors (Lipinski definition) is 4. The summed E-state index contributed by atoms with van der Waals surface area (Å²) < 4.78 is 30.5. The number of halogens is 1. The van der Waals surface area contributed by atoms with Crippen LogP contribution in [0.2, 0.25) is 0 Å². The van der Waals surface area contributed by atoms with Gasteiger partial charge in [-0.25, -0.2) is 22.4 Å². The number of fused-ring (bicyclic) bond motifs is 3. The van der Waals surface area contributed by atoms with Crippen LogP contribution in [0.5, 0.6) is 0 Å². The zero-order chi connectivity index (χ0) is 22.5. The molecular weight excluding hydrogens is 492 g/mol. The third kappa shape index (κ3) is 3.28. The molecule has 0 unspecified atom stereocenters. The van der Waals surface area contributed by atoms with Crippen LogP contribution in [0.1, 0.15) is 11.1 Å². The summed E-state index contributed by atoms with van der Waals surface area (Å²) in [5.74, 6) is 0.298. The monoisotopic (exact) mass is 510 g/mol. The number of pyridine rings is 1. The zero-order valence-corrected chi connectivity index (χ0v) is 19.5. The van der Waals surface area contributed by atoms with Crippen molar-refractivity contribution in [3.05, 3.63) is 92.8 Å². The minimum absolute atomic E-state index is 0.107. The zero-order valence-electron chi connectivity index (χ0n) is 17.1. The smallest absolute Gasteiger partial charge is 0.275 e. The van der Waals surface area contributed by atoms with Crippen molar-refractivity contribution in [1.29, 1.82) is 0 Å². The van der Waals surface area contributed by atoms with Crippen molar-refractivity contribution in [2.24, 2.45) is 0 Å². The lowest BCUT2D eigenvalue weighted by Crippen LogP contribution is -2.34. The number of benzene rings is 2. The van der Waals surface area contributed by atoms with E-state index in [1.54, 1.807) is 42.6 Å². The molecule has 0 fully saturated rings. The number of hydrogen-bond donors (Lipinski definition) is 1. The van der Waals surface area contributed by atoms with E-state index in [0.29, 0.717) is 28.3 Å². The first kappa shape index (κ1) is 20.7. The topological polar surface area (TPSA) is 88.1 Å². The summed E-state index contributed by atoms with van der Waals surface area (Å²) in [5.41, 5.74) is 3.11. The van der Waals surface area contributed by atoms with Gasteiger partial charge < -0.3 is 0 Å². The molecular formula is C23H19BrN4O3S. The fourth-order valence-corrected chi connectivity index (χ4v) is 5.81. The number of nitrogens with zero attached hydrogens (tertiary/aromatic N) is 3. The molecule has 1 N–H and O–H groups in total. The lowest BCUT2D eigenvalue weighted by atomic mass is 10.1. The van der Waals surface area contributed by atoms with E-state index in [4.69, 9.17) is 0 Å². The van der Waals surface area contributed by atoms with Gasteiger partial charge in [-0.1, -0.05) is 29.8 Å². The maximum absolute atomic E-state index is 13.5. The van der Waals surface area contributed by atoms with Crippen LogP contribution >= 0.6 is 15.9 Å². The standard InChI is InChI=1S/C23H19BrN4O3S/c1-15-8-10-16(11-9-15)32(30,31)27-14-12-18-21(17-5-4-13-25-22(17)27)26-28(23(18)29)20-7-3-2-6-19(20)24/h2-11,13,26H,12,14H2,1H3. The molecule has 5 rings (SSSR count). The number of aryl methyl sites for hydroxylation is 1. The first-order valence-corrected chi connectivity index (χ1v) is 12.2. The van der Waals surface area contributed by atoms with Crippen LogP contribution < -0.4 is 9.86 Å². The van der Waals surface area contributed by atoms with Crippen LogP contribution in [-0.4, -0.2) is 29.7 Å². The van der Waals surface area contributed by atoms with Gasteiger partial charge >= 0.3 is 0 Å². The molecule has 0 aliphatic carbocycles. The first-order valence-electron chi connectivity index (χ1n) is 10.0. The van der Waals surface area contributed by atoms with E-state index in [-0.39, 0.29) is 23.4 Å². The molecule has 2 aromatic heterocycles. The van der Waals surface area contributed by atoms with Gasteiger partial charge in [-0.15, -0.1) is 0 Å². The van der Waals surface area contributed by atoms with Crippen LogP contribution in [0, 0.1) is 6.92 Å². The summed E-state index contributed by atoms with van der Waals surface area (Å²) in [7, 11) is -3.85. The normalized spacial score (nSPS) is 13.4. The largest absolute Gasteiger partial charge is 0.290 e. The molecule has 1 aliphatic rings. The Balaban J connectivity index is 1.68. The molecule has 2 aromatic carbocycles. The molecule has 0 bridgehead atoms. The average molecular weight is 511 g/mol. The van der Waals surface area contributed by atoms with Crippen molar-refractivity contribution < 1.29 is 8.42 Å². The summed E-state index contributed by atoms with van der Waals surface area (Å²) in [6, 6.07) is 17.7. The van der Waals surface area contributed by atoms with E-state index < -0.39 is 10.0 Å². The van der Waals surface area contributed by atoms with E-state index >= 15 is 0 Å². The Kier molecular flexibility index (Phi) is 5.02. The molecule has 4 aromatic rings. The number of H-pyrrole nitrogens is 1. The minimum Gasteiger partial charge on any atom is -0.290 e. The van der Waals surface area contributed by atoms with Gasteiger partial charge in [0.25, 0.3) is 15.6 Å². The molecule has 1 aliphatic heterocycles. The Morgan fingerprint density at radius 1 is 1.03 bits per heavy atom. The molecule has 0 saturated carbocycles. The Morgan fingerprint density at radius 3 is 2.53 bits per heavy atom. The number of aromatic nitrogens is 3.